The summed E-state index contributed by atoms with van der Waals surface area (Å²) in [6.45, 7) is 4.40. The molecule has 2 fully saturated rings. The Balaban J connectivity index is 1.61. The molecule has 6 nitrogen and oxygen atoms in total. The van der Waals surface area contributed by atoms with Crippen LogP contribution in [-0.2, 0) is 0 Å². The summed E-state index contributed by atoms with van der Waals surface area (Å²) < 4.78 is 0. The monoisotopic (exact) mass is 324 g/mol. The van der Waals surface area contributed by atoms with Crippen molar-refractivity contribution in [2.75, 3.05) is 10.6 Å². The lowest BCUT2D eigenvalue weighted by Gasteiger charge is -2.17. The zero-order chi connectivity index (χ0) is 16.5. The molecule has 2 saturated carbocycles. The van der Waals surface area contributed by atoms with Gasteiger partial charge in [-0.05, 0) is 63.5 Å². The Hall–Kier alpha value is -2.24. The van der Waals surface area contributed by atoms with E-state index in [1.807, 2.05) is 12.1 Å². The Bertz CT molecular complexity index is 658. The van der Waals surface area contributed by atoms with Gasteiger partial charge in [-0.15, -0.1) is 0 Å². The minimum absolute atomic E-state index is 0.395. The predicted molar refractivity (Wildman–Crippen MR) is 94.7 cm³/mol. The molecular weight excluding hydrogens is 300 g/mol. The van der Waals surface area contributed by atoms with E-state index in [0.29, 0.717) is 29.8 Å². The average molecular weight is 324 g/mol. The largest absolute Gasteiger partial charge is 0.351 e. The van der Waals surface area contributed by atoms with Gasteiger partial charge >= 0.3 is 0 Å². The van der Waals surface area contributed by atoms with Crippen LogP contribution in [0.3, 0.4) is 0 Å². The van der Waals surface area contributed by atoms with Gasteiger partial charge in [0.2, 0.25) is 11.9 Å². The van der Waals surface area contributed by atoms with Crippen molar-refractivity contribution in [2.24, 2.45) is 11.8 Å². The fourth-order valence-corrected chi connectivity index (χ4v) is 2.97. The van der Waals surface area contributed by atoms with Gasteiger partial charge in [-0.3, -0.25) is 4.98 Å². The third kappa shape index (κ3) is 3.63. The maximum atomic E-state index is 4.62. The van der Waals surface area contributed by atoms with Crippen molar-refractivity contribution < 1.29 is 0 Å². The van der Waals surface area contributed by atoms with Gasteiger partial charge in [-0.1, -0.05) is 0 Å². The molecule has 0 amide bonds. The zero-order valence-corrected chi connectivity index (χ0v) is 14.2. The van der Waals surface area contributed by atoms with Gasteiger partial charge in [-0.2, -0.15) is 15.0 Å². The fraction of sp³-hybridized carbons (Fsp3) is 0.556. The van der Waals surface area contributed by atoms with E-state index in [-0.39, 0.29) is 0 Å². The van der Waals surface area contributed by atoms with Crippen molar-refractivity contribution in [1.82, 2.24) is 19.9 Å². The number of nitrogens with zero attached hydrogens (tertiary/aromatic N) is 4. The normalized spacial score (nSPS) is 19.6. The first-order valence-corrected chi connectivity index (χ1v) is 8.88. The topological polar surface area (TPSA) is 75.6 Å². The first-order chi connectivity index (χ1) is 11.7. The molecule has 2 aromatic rings. The number of nitrogens with one attached hydrogen (secondary N) is 2. The van der Waals surface area contributed by atoms with E-state index in [4.69, 9.17) is 0 Å². The summed E-state index contributed by atoms with van der Waals surface area (Å²) >= 11 is 0. The highest BCUT2D eigenvalue weighted by Gasteiger charge is 2.30. The Morgan fingerprint density at radius 1 is 0.833 bits per heavy atom. The van der Waals surface area contributed by atoms with Crippen molar-refractivity contribution in [1.29, 1.82) is 0 Å². The second-order valence-electron chi connectivity index (χ2n) is 7.08. The van der Waals surface area contributed by atoms with Crippen molar-refractivity contribution in [3.8, 4) is 11.4 Å². The fourth-order valence-electron chi connectivity index (χ4n) is 2.97. The molecule has 4 rings (SSSR count). The smallest absolute Gasteiger partial charge is 0.228 e. The summed E-state index contributed by atoms with van der Waals surface area (Å²) in [5.41, 5.74) is 0.955. The van der Waals surface area contributed by atoms with E-state index in [1.54, 1.807) is 12.4 Å². The second-order valence-corrected chi connectivity index (χ2v) is 7.08. The molecule has 2 aliphatic carbocycles. The zero-order valence-electron chi connectivity index (χ0n) is 14.2. The Kier molecular flexibility index (Phi) is 4.04. The Morgan fingerprint density at radius 2 is 1.33 bits per heavy atom. The quantitative estimate of drug-likeness (QED) is 0.813. The summed E-state index contributed by atoms with van der Waals surface area (Å²) in [5, 5.41) is 6.91. The maximum Gasteiger partial charge on any atom is 0.228 e. The van der Waals surface area contributed by atoms with E-state index in [1.165, 1.54) is 25.7 Å². The van der Waals surface area contributed by atoms with Crippen LogP contribution >= 0.6 is 0 Å². The number of pyridine rings is 1. The number of hydrogen-bond donors (Lipinski definition) is 2. The molecule has 2 aliphatic rings. The van der Waals surface area contributed by atoms with Crippen LogP contribution in [0.5, 0.6) is 0 Å². The van der Waals surface area contributed by atoms with Gasteiger partial charge in [0, 0.05) is 30.0 Å². The molecule has 0 aromatic carbocycles. The number of anilines is 2. The summed E-state index contributed by atoms with van der Waals surface area (Å²) in [4.78, 5) is 17.9. The molecule has 0 spiro atoms. The van der Waals surface area contributed by atoms with E-state index < -0.39 is 0 Å². The maximum absolute atomic E-state index is 4.62. The molecule has 24 heavy (non-hydrogen) atoms. The molecule has 0 radical (unpaired) electrons. The molecule has 2 atom stereocenters. The summed E-state index contributed by atoms with van der Waals surface area (Å²) in [6.07, 6.45) is 8.69. The van der Waals surface area contributed by atoms with Gasteiger partial charge < -0.3 is 10.6 Å². The minimum Gasteiger partial charge on any atom is -0.351 e. The molecule has 2 heterocycles. The van der Waals surface area contributed by atoms with Crippen LogP contribution in [0, 0.1) is 11.8 Å². The van der Waals surface area contributed by atoms with E-state index in [9.17, 15) is 0 Å². The summed E-state index contributed by atoms with van der Waals surface area (Å²) in [6, 6.07) is 4.65. The molecule has 6 heteroatoms. The SMILES string of the molecule is CC(Nc1nc(NC(C)C2CC2)nc(-c2ccncc2)n1)C1CC1. The molecule has 2 N–H and O–H groups in total. The highest BCUT2D eigenvalue weighted by atomic mass is 15.2. The lowest BCUT2D eigenvalue weighted by molar-refractivity contribution is 0.676. The third-order valence-corrected chi connectivity index (χ3v) is 4.95. The number of rotatable bonds is 7. The Labute approximate surface area is 142 Å². The second kappa shape index (κ2) is 6.34. The first-order valence-electron chi connectivity index (χ1n) is 8.88. The van der Waals surface area contributed by atoms with Gasteiger partial charge in [-0.25, -0.2) is 0 Å². The van der Waals surface area contributed by atoms with Gasteiger partial charge in [0.1, 0.15) is 0 Å². The first kappa shape index (κ1) is 15.3. The van der Waals surface area contributed by atoms with Crippen LogP contribution in [-0.4, -0.2) is 32.0 Å². The third-order valence-electron chi connectivity index (χ3n) is 4.95. The average Bonchev–Trinajstić information content (AvgIpc) is 3.48. The summed E-state index contributed by atoms with van der Waals surface area (Å²) in [7, 11) is 0. The number of hydrogen-bond acceptors (Lipinski definition) is 6. The molecule has 2 aromatic heterocycles. The predicted octanol–water partition coefficient (Wildman–Crippen LogP) is 3.35. The van der Waals surface area contributed by atoms with Crippen molar-refractivity contribution in [3.05, 3.63) is 24.5 Å². The van der Waals surface area contributed by atoms with E-state index in [0.717, 1.165) is 17.4 Å². The number of aromatic nitrogens is 4. The van der Waals surface area contributed by atoms with Crippen LogP contribution in [0.1, 0.15) is 39.5 Å². The van der Waals surface area contributed by atoms with Gasteiger partial charge in [0.05, 0.1) is 0 Å². The van der Waals surface area contributed by atoms with Crippen LogP contribution < -0.4 is 10.6 Å². The lowest BCUT2D eigenvalue weighted by Crippen LogP contribution is -2.22. The van der Waals surface area contributed by atoms with E-state index >= 15 is 0 Å². The van der Waals surface area contributed by atoms with Crippen molar-refractivity contribution in [3.63, 3.8) is 0 Å². The molecular formula is C18H24N6. The standard InChI is InChI=1S/C18H24N6/c1-11(13-3-4-13)20-17-22-16(15-7-9-19-10-8-15)23-18(24-17)21-12(2)14-5-6-14/h7-14H,3-6H2,1-2H3,(H2,20,21,22,23,24). The van der Waals surface area contributed by atoms with Crippen molar-refractivity contribution >= 4 is 11.9 Å². The molecule has 0 saturated heterocycles. The van der Waals surface area contributed by atoms with Gasteiger partial charge in [0.15, 0.2) is 5.82 Å². The van der Waals surface area contributed by atoms with Crippen LogP contribution in [0.25, 0.3) is 11.4 Å². The van der Waals surface area contributed by atoms with Crippen LogP contribution in [0.15, 0.2) is 24.5 Å². The van der Waals surface area contributed by atoms with Crippen molar-refractivity contribution in [2.45, 2.75) is 51.6 Å². The Morgan fingerprint density at radius 3 is 1.79 bits per heavy atom. The minimum atomic E-state index is 0.395. The molecule has 0 aliphatic heterocycles. The van der Waals surface area contributed by atoms with Crippen LogP contribution in [0.4, 0.5) is 11.9 Å². The summed E-state index contributed by atoms with van der Waals surface area (Å²) in [5.74, 6) is 3.48. The highest BCUT2D eigenvalue weighted by Crippen LogP contribution is 2.35. The van der Waals surface area contributed by atoms with E-state index in [2.05, 4.69) is 44.4 Å². The molecule has 126 valence electrons. The molecule has 2 unspecified atom stereocenters. The lowest BCUT2D eigenvalue weighted by atomic mass is 10.2. The highest BCUT2D eigenvalue weighted by molar-refractivity contribution is 5.57. The van der Waals surface area contributed by atoms with Gasteiger partial charge in [0.25, 0.3) is 0 Å². The molecule has 0 bridgehead atoms. The van der Waals surface area contributed by atoms with Crippen LogP contribution in [0.2, 0.25) is 0 Å².